The minimum atomic E-state index is 0.0960. The van der Waals surface area contributed by atoms with Gasteiger partial charge in [-0.2, -0.15) is 0 Å². The molecular weight excluding hydrogens is 168 g/mol. The van der Waals surface area contributed by atoms with Gasteiger partial charge in [-0.1, -0.05) is 51.1 Å². The molecule has 1 atom stereocenters. The molecule has 1 heteroatoms. The van der Waals surface area contributed by atoms with E-state index in [0.29, 0.717) is 0 Å². The standard InChI is InChI=1S/C11H15Cl/c1-11(2,3)10(12)9-7-5-4-6-8-9/h4-8,10H,1-3H3. The highest BCUT2D eigenvalue weighted by molar-refractivity contribution is 6.21. The fraction of sp³-hybridized carbons (Fsp3) is 0.455. The minimum absolute atomic E-state index is 0.0960. The maximum absolute atomic E-state index is 6.28. The second-order valence-corrected chi connectivity index (χ2v) is 4.58. The molecule has 0 saturated carbocycles. The summed E-state index contributed by atoms with van der Waals surface area (Å²) in [4.78, 5) is 0. The van der Waals surface area contributed by atoms with Crippen molar-refractivity contribution >= 4 is 11.6 Å². The number of benzene rings is 1. The number of hydrogen-bond donors (Lipinski definition) is 0. The van der Waals surface area contributed by atoms with Crippen LogP contribution in [-0.4, -0.2) is 0 Å². The first-order chi connectivity index (χ1) is 5.52. The van der Waals surface area contributed by atoms with Crippen LogP contribution in [0.4, 0.5) is 0 Å². The van der Waals surface area contributed by atoms with Gasteiger partial charge in [0.15, 0.2) is 0 Å². The minimum Gasteiger partial charge on any atom is -0.117 e. The molecule has 0 aliphatic heterocycles. The third-order valence-corrected chi connectivity index (χ3v) is 2.76. The van der Waals surface area contributed by atoms with Crippen LogP contribution in [0, 0.1) is 5.41 Å². The molecule has 1 aromatic rings. The van der Waals surface area contributed by atoms with E-state index in [1.807, 2.05) is 18.2 Å². The van der Waals surface area contributed by atoms with Crippen molar-refractivity contribution in [2.75, 3.05) is 0 Å². The lowest BCUT2D eigenvalue weighted by atomic mass is 9.87. The highest BCUT2D eigenvalue weighted by atomic mass is 35.5. The molecule has 0 amide bonds. The van der Waals surface area contributed by atoms with E-state index >= 15 is 0 Å². The number of halogens is 1. The molecule has 0 fully saturated rings. The van der Waals surface area contributed by atoms with Gasteiger partial charge in [-0.15, -0.1) is 11.6 Å². The molecule has 0 bridgehead atoms. The third kappa shape index (κ3) is 2.25. The predicted molar refractivity (Wildman–Crippen MR) is 54.5 cm³/mol. The van der Waals surface area contributed by atoms with Crippen LogP contribution in [-0.2, 0) is 0 Å². The van der Waals surface area contributed by atoms with Gasteiger partial charge in [0, 0.05) is 0 Å². The van der Waals surface area contributed by atoms with Crippen molar-refractivity contribution in [2.24, 2.45) is 5.41 Å². The first-order valence-corrected chi connectivity index (χ1v) is 4.64. The lowest BCUT2D eigenvalue weighted by molar-refractivity contribution is 0.396. The maximum Gasteiger partial charge on any atom is 0.0633 e. The first-order valence-electron chi connectivity index (χ1n) is 4.21. The van der Waals surface area contributed by atoms with E-state index in [1.54, 1.807) is 0 Å². The smallest absolute Gasteiger partial charge is 0.0633 e. The number of rotatable bonds is 1. The van der Waals surface area contributed by atoms with Gasteiger partial charge in [-0.25, -0.2) is 0 Å². The van der Waals surface area contributed by atoms with E-state index in [9.17, 15) is 0 Å². The zero-order valence-electron chi connectivity index (χ0n) is 7.84. The van der Waals surface area contributed by atoms with Crippen LogP contribution >= 0.6 is 11.6 Å². The number of alkyl halides is 1. The van der Waals surface area contributed by atoms with Crippen molar-refractivity contribution in [3.63, 3.8) is 0 Å². The average molecular weight is 183 g/mol. The maximum atomic E-state index is 6.28. The molecule has 1 unspecified atom stereocenters. The Morgan fingerprint density at radius 2 is 1.58 bits per heavy atom. The quantitative estimate of drug-likeness (QED) is 0.576. The van der Waals surface area contributed by atoms with E-state index in [-0.39, 0.29) is 10.8 Å². The van der Waals surface area contributed by atoms with Gasteiger partial charge in [0.05, 0.1) is 5.38 Å². The Balaban J connectivity index is 2.86. The van der Waals surface area contributed by atoms with Crippen LogP contribution in [0.5, 0.6) is 0 Å². The van der Waals surface area contributed by atoms with E-state index in [2.05, 4.69) is 32.9 Å². The summed E-state index contributed by atoms with van der Waals surface area (Å²) < 4.78 is 0. The molecule has 0 spiro atoms. The summed E-state index contributed by atoms with van der Waals surface area (Å²) in [5, 5.41) is 0.0960. The van der Waals surface area contributed by atoms with Crippen molar-refractivity contribution < 1.29 is 0 Å². The molecule has 1 rings (SSSR count). The van der Waals surface area contributed by atoms with Crippen molar-refractivity contribution in [2.45, 2.75) is 26.1 Å². The summed E-state index contributed by atoms with van der Waals surface area (Å²) in [6, 6.07) is 10.2. The molecule has 0 aromatic heterocycles. The Hall–Kier alpha value is -0.490. The number of hydrogen-bond acceptors (Lipinski definition) is 0. The highest BCUT2D eigenvalue weighted by Crippen LogP contribution is 2.37. The molecule has 0 saturated heterocycles. The Labute approximate surface area is 79.6 Å². The molecule has 0 N–H and O–H groups in total. The molecule has 66 valence electrons. The molecule has 12 heavy (non-hydrogen) atoms. The molecule has 0 aliphatic carbocycles. The Morgan fingerprint density at radius 1 is 1.08 bits per heavy atom. The van der Waals surface area contributed by atoms with Gasteiger partial charge in [0.2, 0.25) is 0 Å². The van der Waals surface area contributed by atoms with E-state index in [1.165, 1.54) is 5.56 Å². The molecular formula is C11H15Cl. The van der Waals surface area contributed by atoms with Crippen LogP contribution in [0.15, 0.2) is 30.3 Å². The van der Waals surface area contributed by atoms with Gasteiger partial charge in [-0.05, 0) is 11.0 Å². The highest BCUT2D eigenvalue weighted by Gasteiger charge is 2.23. The van der Waals surface area contributed by atoms with Crippen molar-refractivity contribution in [1.82, 2.24) is 0 Å². The molecule has 0 aliphatic rings. The topological polar surface area (TPSA) is 0 Å². The van der Waals surface area contributed by atoms with Crippen LogP contribution in [0.25, 0.3) is 0 Å². The Bertz CT molecular complexity index is 233. The molecule has 0 nitrogen and oxygen atoms in total. The normalized spacial score (nSPS) is 14.3. The van der Waals surface area contributed by atoms with Crippen LogP contribution in [0.3, 0.4) is 0 Å². The summed E-state index contributed by atoms with van der Waals surface area (Å²) in [6.45, 7) is 6.45. The van der Waals surface area contributed by atoms with Crippen LogP contribution < -0.4 is 0 Å². The van der Waals surface area contributed by atoms with Crippen LogP contribution in [0.1, 0.15) is 31.7 Å². The van der Waals surface area contributed by atoms with Crippen molar-refractivity contribution in [1.29, 1.82) is 0 Å². The second kappa shape index (κ2) is 3.49. The zero-order valence-corrected chi connectivity index (χ0v) is 8.60. The van der Waals surface area contributed by atoms with E-state index in [4.69, 9.17) is 11.6 Å². The summed E-state index contributed by atoms with van der Waals surface area (Å²) in [5.74, 6) is 0. The fourth-order valence-corrected chi connectivity index (χ4v) is 1.27. The monoisotopic (exact) mass is 182 g/mol. The fourth-order valence-electron chi connectivity index (χ4n) is 1.12. The van der Waals surface area contributed by atoms with Gasteiger partial charge in [0.25, 0.3) is 0 Å². The van der Waals surface area contributed by atoms with Gasteiger partial charge in [-0.3, -0.25) is 0 Å². The summed E-state index contributed by atoms with van der Waals surface area (Å²) >= 11 is 6.28. The third-order valence-electron chi connectivity index (χ3n) is 1.85. The summed E-state index contributed by atoms with van der Waals surface area (Å²) in [6.07, 6.45) is 0. The van der Waals surface area contributed by atoms with E-state index in [0.717, 1.165) is 0 Å². The SMILES string of the molecule is CC(C)(C)C(Cl)c1ccccc1. The first kappa shape index (κ1) is 9.60. The summed E-state index contributed by atoms with van der Waals surface area (Å²) in [5.41, 5.74) is 1.33. The van der Waals surface area contributed by atoms with E-state index < -0.39 is 0 Å². The van der Waals surface area contributed by atoms with Crippen LogP contribution in [0.2, 0.25) is 0 Å². The predicted octanol–water partition coefficient (Wildman–Crippen LogP) is 4.01. The average Bonchev–Trinajstić information content (AvgIpc) is 2.03. The lowest BCUT2D eigenvalue weighted by Crippen LogP contribution is -2.12. The summed E-state index contributed by atoms with van der Waals surface area (Å²) in [7, 11) is 0. The second-order valence-electron chi connectivity index (χ2n) is 4.14. The molecule has 0 heterocycles. The van der Waals surface area contributed by atoms with Crippen molar-refractivity contribution in [3.05, 3.63) is 35.9 Å². The van der Waals surface area contributed by atoms with Gasteiger partial charge >= 0.3 is 0 Å². The molecule has 1 aromatic carbocycles. The zero-order chi connectivity index (χ0) is 9.19. The Morgan fingerprint density at radius 3 is 2.00 bits per heavy atom. The van der Waals surface area contributed by atoms with Gasteiger partial charge < -0.3 is 0 Å². The lowest BCUT2D eigenvalue weighted by Gasteiger charge is -2.25. The van der Waals surface area contributed by atoms with Gasteiger partial charge in [0.1, 0.15) is 0 Å². The Kier molecular flexibility index (Phi) is 2.79. The van der Waals surface area contributed by atoms with Crippen molar-refractivity contribution in [3.8, 4) is 0 Å². The molecule has 0 radical (unpaired) electrons. The largest absolute Gasteiger partial charge is 0.117 e.